The summed E-state index contributed by atoms with van der Waals surface area (Å²) in [4.78, 5) is 20.2. The van der Waals surface area contributed by atoms with E-state index < -0.39 is 0 Å². The Bertz CT molecular complexity index is 623. The van der Waals surface area contributed by atoms with Crippen LogP contribution >= 0.6 is 11.3 Å². The molecule has 0 aliphatic carbocycles. The number of carbonyl (C=O) groups excluding carboxylic acids is 1. The highest BCUT2D eigenvalue weighted by atomic mass is 32.1. The minimum absolute atomic E-state index is 0.0154. The molecule has 4 nitrogen and oxygen atoms in total. The van der Waals surface area contributed by atoms with Crippen molar-refractivity contribution in [2.45, 2.75) is 19.9 Å². The van der Waals surface area contributed by atoms with Gasteiger partial charge in [-0.15, -0.1) is 11.3 Å². The SMILES string of the molecule is CCNc1cccc(C(=O)N2CCc3sccc3C2)n1. The van der Waals surface area contributed by atoms with Gasteiger partial charge >= 0.3 is 0 Å². The molecule has 0 spiro atoms. The van der Waals surface area contributed by atoms with E-state index >= 15 is 0 Å². The molecular formula is C15H17N3OS. The van der Waals surface area contributed by atoms with E-state index in [4.69, 9.17) is 0 Å². The molecule has 0 aromatic carbocycles. The molecule has 1 N–H and O–H groups in total. The van der Waals surface area contributed by atoms with E-state index in [1.54, 1.807) is 17.4 Å². The Morgan fingerprint density at radius 1 is 1.45 bits per heavy atom. The minimum Gasteiger partial charge on any atom is -0.370 e. The molecule has 0 radical (unpaired) electrons. The van der Waals surface area contributed by atoms with Crippen LogP contribution in [0.25, 0.3) is 0 Å². The third-order valence-electron chi connectivity index (χ3n) is 3.42. The van der Waals surface area contributed by atoms with Crippen molar-refractivity contribution in [3.8, 4) is 0 Å². The number of amides is 1. The Morgan fingerprint density at radius 2 is 2.35 bits per heavy atom. The smallest absolute Gasteiger partial charge is 0.272 e. The summed E-state index contributed by atoms with van der Waals surface area (Å²) in [6, 6.07) is 7.65. The molecule has 0 unspecified atom stereocenters. The number of rotatable bonds is 3. The molecule has 1 aliphatic heterocycles. The summed E-state index contributed by atoms with van der Waals surface area (Å²) in [7, 11) is 0. The zero-order valence-electron chi connectivity index (χ0n) is 11.4. The molecule has 3 heterocycles. The van der Waals surface area contributed by atoms with Crippen molar-refractivity contribution in [1.29, 1.82) is 0 Å². The fraction of sp³-hybridized carbons (Fsp3) is 0.333. The van der Waals surface area contributed by atoms with E-state index in [2.05, 4.69) is 21.7 Å². The quantitative estimate of drug-likeness (QED) is 0.944. The summed E-state index contributed by atoms with van der Waals surface area (Å²) in [6.45, 7) is 4.29. The molecule has 20 heavy (non-hydrogen) atoms. The van der Waals surface area contributed by atoms with Crippen LogP contribution in [0.3, 0.4) is 0 Å². The van der Waals surface area contributed by atoms with E-state index in [-0.39, 0.29) is 5.91 Å². The summed E-state index contributed by atoms with van der Waals surface area (Å²) in [6.07, 6.45) is 0.950. The summed E-state index contributed by atoms with van der Waals surface area (Å²) >= 11 is 1.78. The maximum Gasteiger partial charge on any atom is 0.272 e. The molecule has 1 amide bonds. The van der Waals surface area contributed by atoms with Gasteiger partial charge in [0.1, 0.15) is 11.5 Å². The van der Waals surface area contributed by atoms with Gasteiger partial charge in [0.05, 0.1) is 0 Å². The van der Waals surface area contributed by atoms with E-state index in [1.807, 2.05) is 24.0 Å². The summed E-state index contributed by atoms with van der Waals surface area (Å²) in [5, 5.41) is 5.24. The predicted molar refractivity (Wildman–Crippen MR) is 81.2 cm³/mol. The van der Waals surface area contributed by atoms with Gasteiger partial charge in [-0.2, -0.15) is 0 Å². The fourth-order valence-corrected chi connectivity index (χ4v) is 3.31. The molecular weight excluding hydrogens is 270 g/mol. The highest BCUT2D eigenvalue weighted by Crippen LogP contribution is 2.24. The van der Waals surface area contributed by atoms with Gasteiger partial charge in [-0.05, 0) is 42.5 Å². The van der Waals surface area contributed by atoms with Crippen LogP contribution < -0.4 is 5.32 Å². The summed E-state index contributed by atoms with van der Waals surface area (Å²) < 4.78 is 0. The Balaban J connectivity index is 1.78. The van der Waals surface area contributed by atoms with Gasteiger partial charge in [0, 0.05) is 24.5 Å². The first-order valence-electron chi connectivity index (χ1n) is 6.83. The molecule has 2 aromatic heterocycles. The van der Waals surface area contributed by atoms with Gasteiger partial charge in [-0.1, -0.05) is 6.07 Å². The number of nitrogens with one attached hydrogen (secondary N) is 1. The molecule has 0 bridgehead atoms. The predicted octanol–water partition coefficient (Wildman–Crippen LogP) is 2.77. The maximum absolute atomic E-state index is 12.5. The van der Waals surface area contributed by atoms with Crippen LogP contribution in [0.1, 0.15) is 27.9 Å². The number of thiophene rings is 1. The Hall–Kier alpha value is -1.88. The second-order valence-electron chi connectivity index (χ2n) is 4.78. The zero-order chi connectivity index (χ0) is 13.9. The van der Waals surface area contributed by atoms with Gasteiger partial charge < -0.3 is 10.2 Å². The molecule has 0 fully saturated rings. The average Bonchev–Trinajstić information content (AvgIpc) is 2.94. The van der Waals surface area contributed by atoms with Gasteiger partial charge in [0.2, 0.25) is 0 Å². The first-order chi connectivity index (χ1) is 9.78. The van der Waals surface area contributed by atoms with Crippen LogP contribution in [0, 0.1) is 0 Å². The molecule has 0 atom stereocenters. The van der Waals surface area contributed by atoms with Crippen molar-refractivity contribution >= 4 is 23.1 Å². The number of anilines is 1. The Kier molecular flexibility index (Phi) is 3.69. The maximum atomic E-state index is 12.5. The lowest BCUT2D eigenvalue weighted by atomic mass is 10.1. The van der Waals surface area contributed by atoms with Crippen molar-refractivity contribution in [1.82, 2.24) is 9.88 Å². The second kappa shape index (κ2) is 5.63. The minimum atomic E-state index is 0.0154. The van der Waals surface area contributed by atoms with Crippen molar-refractivity contribution in [3.63, 3.8) is 0 Å². The summed E-state index contributed by atoms with van der Waals surface area (Å²) in [5.74, 6) is 0.771. The van der Waals surface area contributed by atoms with Crippen molar-refractivity contribution in [3.05, 3.63) is 45.8 Å². The number of fused-ring (bicyclic) bond motifs is 1. The first-order valence-corrected chi connectivity index (χ1v) is 7.71. The molecule has 0 saturated carbocycles. The Morgan fingerprint density at radius 3 is 3.20 bits per heavy atom. The lowest BCUT2D eigenvalue weighted by Gasteiger charge is -2.26. The normalized spacial score (nSPS) is 13.9. The van der Waals surface area contributed by atoms with E-state index in [9.17, 15) is 4.79 Å². The molecule has 0 saturated heterocycles. The molecule has 2 aromatic rings. The highest BCUT2D eigenvalue weighted by Gasteiger charge is 2.23. The number of nitrogens with zero attached hydrogens (tertiary/aromatic N) is 2. The van der Waals surface area contributed by atoms with E-state index in [0.717, 1.165) is 25.3 Å². The largest absolute Gasteiger partial charge is 0.370 e. The molecule has 3 rings (SSSR count). The number of pyridine rings is 1. The topological polar surface area (TPSA) is 45.2 Å². The first kappa shape index (κ1) is 13.1. The fourth-order valence-electron chi connectivity index (χ4n) is 2.42. The third kappa shape index (κ3) is 2.54. The van der Waals surface area contributed by atoms with Gasteiger partial charge in [-0.25, -0.2) is 4.98 Å². The average molecular weight is 287 g/mol. The molecule has 1 aliphatic rings. The zero-order valence-corrected chi connectivity index (χ0v) is 12.2. The summed E-state index contributed by atoms with van der Waals surface area (Å²) in [5.41, 5.74) is 1.79. The van der Waals surface area contributed by atoms with Crippen LogP contribution in [0.15, 0.2) is 29.6 Å². The van der Waals surface area contributed by atoms with Crippen molar-refractivity contribution in [2.24, 2.45) is 0 Å². The Labute approximate surface area is 122 Å². The lowest BCUT2D eigenvalue weighted by Crippen LogP contribution is -2.35. The van der Waals surface area contributed by atoms with Gasteiger partial charge in [-0.3, -0.25) is 4.79 Å². The third-order valence-corrected chi connectivity index (χ3v) is 4.44. The number of hydrogen-bond acceptors (Lipinski definition) is 4. The van der Waals surface area contributed by atoms with Gasteiger partial charge in [0.15, 0.2) is 0 Å². The van der Waals surface area contributed by atoms with E-state index in [0.29, 0.717) is 12.2 Å². The standard InChI is InChI=1S/C15H17N3OS/c1-2-16-14-5-3-4-12(17-14)15(19)18-8-6-13-11(10-18)7-9-20-13/h3-5,7,9H,2,6,8,10H2,1H3,(H,16,17). The van der Waals surface area contributed by atoms with Crippen LogP contribution in [-0.2, 0) is 13.0 Å². The molecule has 5 heteroatoms. The highest BCUT2D eigenvalue weighted by molar-refractivity contribution is 7.10. The van der Waals surface area contributed by atoms with Crippen molar-refractivity contribution in [2.75, 3.05) is 18.4 Å². The molecule has 104 valence electrons. The van der Waals surface area contributed by atoms with Crippen LogP contribution in [0.4, 0.5) is 5.82 Å². The van der Waals surface area contributed by atoms with Crippen LogP contribution in [0.2, 0.25) is 0 Å². The monoisotopic (exact) mass is 287 g/mol. The lowest BCUT2D eigenvalue weighted by molar-refractivity contribution is 0.0730. The van der Waals surface area contributed by atoms with Gasteiger partial charge in [0.25, 0.3) is 5.91 Å². The van der Waals surface area contributed by atoms with Crippen LogP contribution in [-0.4, -0.2) is 28.9 Å². The number of hydrogen-bond donors (Lipinski definition) is 1. The second-order valence-corrected chi connectivity index (χ2v) is 5.78. The van der Waals surface area contributed by atoms with E-state index in [1.165, 1.54) is 10.4 Å². The number of aromatic nitrogens is 1. The van der Waals surface area contributed by atoms with Crippen LogP contribution in [0.5, 0.6) is 0 Å². The van der Waals surface area contributed by atoms with Crippen molar-refractivity contribution < 1.29 is 4.79 Å². The number of carbonyl (C=O) groups is 1.